The van der Waals surface area contributed by atoms with Crippen LogP contribution in [0.25, 0.3) is 0 Å². The third-order valence-corrected chi connectivity index (χ3v) is 3.40. The lowest BCUT2D eigenvalue weighted by molar-refractivity contribution is -0.121. The molecule has 0 saturated carbocycles. The lowest BCUT2D eigenvalue weighted by Gasteiger charge is -2.23. The lowest BCUT2D eigenvalue weighted by Crippen LogP contribution is -2.45. The highest BCUT2D eigenvalue weighted by Gasteiger charge is 2.37. The summed E-state index contributed by atoms with van der Waals surface area (Å²) in [6.45, 7) is 5.82. The monoisotopic (exact) mass is 306 g/mol. The van der Waals surface area contributed by atoms with Crippen molar-refractivity contribution in [3.8, 4) is 5.75 Å². The topological polar surface area (TPSA) is 76.7 Å². The van der Waals surface area contributed by atoms with E-state index in [4.69, 9.17) is 9.47 Å². The zero-order chi connectivity index (χ0) is 16.3. The molecule has 1 aliphatic rings. The van der Waals surface area contributed by atoms with Gasteiger partial charge in [-0.2, -0.15) is 0 Å². The Kier molecular flexibility index (Phi) is 4.59. The van der Waals surface area contributed by atoms with Crippen molar-refractivity contribution in [3.05, 3.63) is 29.8 Å². The van der Waals surface area contributed by atoms with E-state index >= 15 is 0 Å². The zero-order valence-electron chi connectivity index (χ0n) is 13.3. The Hall–Kier alpha value is -2.24. The minimum Gasteiger partial charge on any atom is -0.497 e. The van der Waals surface area contributed by atoms with Crippen LogP contribution in [0.15, 0.2) is 24.3 Å². The van der Waals surface area contributed by atoms with Gasteiger partial charge in [-0.3, -0.25) is 4.79 Å². The second kappa shape index (κ2) is 6.25. The first-order valence-electron chi connectivity index (χ1n) is 7.21. The minimum atomic E-state index is -0.636. The highest BCUT2D eigenvalue weighted by Crippen LogP contribution is 2.26. The van der Waals surface area contributed by atoms with E-state index in [1.54, 1.807) is 27.9 Å². The Morgan fingerprint density at radius 2 is 1.91 bits per heavy atom. The largest absolute Gasteiger partial charge is 0.497 e. The molecular weight excluding hydrogens is 284 g/mol. The lowest BCUT2D eigenvalue weighted by atomic mass is 9.94. The highest BCUT2D eigenvalue weighted by molar-refractivity contribution is 5.89. The van der Waals surface area contributed by atoms with Crippen molar-refractivity contribution >= 4 is 12.0 Å². The normalized spacial score (nSPS) is 21.2. The second-order valence-electron chi connectivity index (χ2n) is 6.25. The van der Waals surface area contributed by atoms with Gasteiger partial charge in [-0.25, -0.2) is 4.79 Å². The summed E-state index contributed by atoms with van der Waals surface area (Å²) >= 11 is 0. The first-order chi connectivity index (χ1) is 10.3. The van der Waals surface area contributed by atoms with Crippen molar-refractivity contribution in [2.45, 2.75) is 38.3 Å². The van der Waals surface area contributed by atoms with Crippen molar-refractivity contribution in [1.29, 1.82) is 0 Å². The fourth-order valence-electron chi connectivity index (χ4n) is 2.38. The Morgan fingerprint density at radius 1 is 1.27 bits per heavy atom. The molecule has 0 bridgehead atoms. The number of carbonyl (C=O) groups is 2. The molecule has 0 radical (unpaired) electrons. The first kappa shape index (κ1) is 16.1. The van der Waals surface area contributed by atoms with E-state index in [0.29, 0.717) is 6.54 Å². The molecule has 0 aromatic heterocycles. The van der Waals surface area contributed by atoms with Crippen LogP contribution in [0.2, 0.25) is 0 Å². The predicted octanol–water partition coefficient (Wildman–Crippen LogP) is 1.80. The molecule has 2 rings (SSSR count). The van der Waals surface area contributed by atoms with Gasteiger partial charge >= 0.3 is 6.09 Å². The van der Waals surface area contributed by atoms with Gasteiger partial charge in [0.2, 0.25) is 5.91 Å². The molecule has 1 aromatic carbocycles. The van der Waals surface area contributed by atoms with E-state index < -0.39 is 17.7 Å². The summed E-state index contributed by atoms with van der Waals surface area (Å²) in [7, 11) is 1.60. The Morgan fingerprint density at radius 3 is 2.45 bits per heavy atom. The zero-order valence-corrected chi connectivity index (χ0v) is 13.3. The number of ether oxygens (including phenoxy) is 2. The smallest absolute Gasteiger partial charge is 0.408 e. The van der Waals surface area contributed by atoms with Crippen molar-refractivity contribution in [1.82, 2.24) is 10.6 Å². The van der Waals surface area contributed by atoms with Gasteiger partial charge in [-0.05, 0) is 38.5 Å². The minimum absolute atomic E-state index is 0.133. The summed E-state index contributed by atoms with van der Waals surface area (Å²) in [5, 5.41) is 5.43. The van der Waals surface area contributed by atoms with Gasteiger partial charge in [0.15, 0.2) is 0 Å². The number of benzene rings is 1. The van der Waals surface area contributed by atoms with Gasteiger partial charge in [-0.1, -0.05) is 12.1 Å². The number of amides is 2. The standard InChI is InChI=1S/C16H22N2O4/c1-16(2,3)22-15(20)18-13-12(9-17-14(13)19)10-5-7-11(21-4)8-6-10/h5-8,12-13H,9H2,1-4H3,(H,17,19)(H,18,20)/t12-,13-/m1/s1. The van der Waals surface area contributed by atoms with Crippen LogP contribution in [0.4, 0.5) is 4.79 Å². The van der Waals surface area contributed by atoms with Crippen LogP contribution in [-0.4, -0.2) is 37.3 Å². The van der Waals surface area contributed by atoms with E-state index in [2.05, 4.69) is 10.6 Å². The molecule has 6 heteroatoms. The van der Waals surface area contributed by atoms with Gasteiger partial charge in [-0.15, -0.1) is 0 Å². The molecule has 1 saturated heterocycles. The van der Waals surface area contributed by atoms with Crippen LogP contribution in [0, 0.1) is 0 Å². The maximum Gasteiger partial charge on any atom is 0.408 e. The molecule has 6 nitrogen and oxygen atoms in total. The fourth-order valence-corrected chi connectivity index (χ4v) is 2.38. The summed E-state index contributed by atoms with van der Waals surface area (Å²) in [5.74, 6) is 0.412. The number of alkyl carbamates (subject to hydrolysis) is 1. The van der Waals surface area contributed by atoms with E-state index in [-0.39, 0.29) is 11.8 Å². The predicted molar refractivity (Wildman–Crippen MR) is 81.9 cm³/mol. The molecule has 0 spiro atoms. The SMILES string of the molecule is COc1ccc([C@H]2CNC(=O)[C@@H]2NC(=O)OC(C)(C)C)cc1. The molecule has 2 N–H and O–H groups in total. The third-order valence-electron chi connectivity index (χ3n) is 3.40. The number of hydrogen-bond acceptors (Lipinski definition) is 4. The fraction of sp³-hybridized carbons (Fsp3) is 0.500. The summed E-state index contributed by atoms with van der Waals surface area (Å²) < 4.78 is 10.3. The number of methoxy groups -OCH3 is 1. The van der Waals surface area contributed by atoms with Crippen LogP contribution >= 0.6 is 0 Å². The number of nitrogens with one attached hydrogen (secondary N) is 2. The van der Waals surface area contributed by atoms with E-state index in [0.717, 1.165) is 11.3 Å². The first-order valence-corrected chi connectivity index (χ1v) is 7.21. The van der Waals surface area contributed by atoms with Gasteiger partial charge in [0.25, 0.3) is 0 Å². The average Bonchev–Trinajstić information content (AvgIpc) is 2.78. The van der Waals surface area contributed by atoms with Crippen molar-refractivity contribution in [2.75, 3.05) is 13.7 Å². The van der Waals surface area contributed by atoms with Gasteiger partial charge < -0.3 is 20.1 Å². The number of carbonyl (C=O) groups excluding carboxylic acids is 2. The summed E-state index contributed by atoms with van der Waals surface area (Å²) in [6, 6.07) is 6.83. The average molecular weight is 306 g/mol. The molecule has 1 aliphatic heterocycles. The second-order valence-corrected chi connectivity index (χ2v) is 6.25. The van der Waals surface area contributed by atoms with E-state index in [1.807, 2.05) is 24.3 Å². The van der Waals surface area contributed by atoms with Crippen LogP contribution < -0.4 is 15.4 Å². The molecule has 1 heterocycles. The van der Waals surface area contributed by atoms with Crippen LogP contribution in [0.5, 0.6) is 5.75 Å². The number of hydrogen-bond donors (Lipinski definition) is 2. The Balaban J connectivity index is 2.10. The maximum atomic E-state index is 12.0. The quantitative estimate of drug-likeness (QED) is 0.893. The molecule has 22 heavy (non-hydrogen) atoms. The highest BCUT2D eigenvalue weighted by atomic mass is 16.6. The Labute approximate surface area is 130 Å². The van der Waals surface area contributed by atoms with E-state index in [9.17, 15) is 9.59 Å². The molecule has 1 fully saturated rings. The molecule has 2 atom stereocenters. The molecular formula is C16H22N2O4. The molecule has 2 amide bonds. The number of rotatable bonds is 3. The van der Waals surface area contributed by atoms with Crippen molar-refractivity contribution in [3.63, 3.8) is 0 Å². The van der Waals surface area contributed by atoms with Gasteiger partial charge in [0, 0.05) is 12.5 Å². The summed E-state index contributed by atoms with van der Waals surface area (Å²) in [4.78, 5) is 23.9. The van der Waals surface area contributed by atoms with Crippen molar-refractivity contribution in [2.24, 2.45) is 0 Å². The van der Waals surface area contributed by atoms with Gasteiger partial charge in [0.05, 0.1) is 7.11 Å². The Bertz CT molecular complexity index is 548. The molecule has 0 aliphatic carbocycles. The van der Waals surface area contributed by atoms with E-state index in [1.165, 1.54) is 0 Å². The third kappa shape index (κ3) is 3.90. The molecule has 0 unspecified atom stereocenters. The van der Waals surface area contributed by atoms with Gasteiger partial charge in [0.1, 0.15) is 17.4 Å². The van der Waals surface area contributed by atoms with Crippen molar-refractivity contribution < 1.29 is 19.1 Å². The summed E-state index contributed by atoms with van der Waals surface area (Å²) in [5.41, 5.74) is 0.356. The summed E-state index contributed by atoms with van der Waals surface area (Å²) in [6.07, 6.45) is -0.590. The molecule has 1 aromatic rings. The maximum absolute atomic E-state index is 12.0. The van der Waals surface area contributed by atoms with Crippen LogP contribution in [0.3, 0.4) is 0 Å². The van der Waals surface area contributed by atoms with Crippen LogP contribution in [0.1, 0.15) is 32.3 Å². The molecule has 120 valence electrons. The van der Waals surface area contributed by atoms with Crippen LogP contribution in [-0.2, 0) is 9.53 Å².